The van der Waals surface area contributed by atoms with E-state index in [-0.39, 0.29) is 6.04 Å². The molecule has 0 amide bonds. The lowest BCUT2D eigenvalue weighted by atomic mass is 9.95. The lowest BCUT2D eigenvalue weighted by Gasteiger charge is -2.21. The average Bonchev–Trinajstić information content (AvgIpc) is 2.49. The molecule has 0 radical (unpaired) electrons. The Balaban J connectivity index is 2.16. The van der Waals surface area contributed by atoms with Gasteiger partial charge in [-0.05, 0) is 36.6 Å². The maximum Gasteiger partial charge on any atom is 0.0579 e. The summed E-state index contributed by atoms with van der Waals surface area (Å²) in [5.74, 6) is 0.752. The highest BCUT2D eigenvalue weighted by atomic mass is 32.2. The van der Waals surface area contributed by atoms with E-state index < -0.39 is 10.8 Å². The zero-order valence-electron chi connectivity index (χ0n) is 12.7. The molecule has 3 heteroatoms. The Morgan fingerprint density at radius 3 is 2.38 bits per heavy atom. The maximum absolute atomic E-state index is 11.2. The molecule has 2 nitrogen and oxygen atoms in total. The highest BCUT2D eigenvalue weighted by Gasteiger charge is 2.14. The Morgan fingerprint density at radius 2 is 1.71 bits per heavy atom. The molecular weight excluding hydrogens is 278 g/mol. The van der Waals surface area contributed by atoms with Crippen LogP contribution in [0.25, 0.3) is 0 Å². The molecule has 2 atom stereocenters. The molecule has 0 aliphatic heterocycles. The van der Waals surface area contributed by atoms with E-state index in [1.165, 1.54) is 16.7 Å². The van der Waals surface area contributed by atoms with E-state index in [2.05, 4.69) is 60.8 Å². The predicted octanol–water partition coefficient (Wildman–Crippen LogP) is 3.44. The summed E-state index contributed by atoms with van der Waals surface area (Å²) in [7, 11) is -0.714. The minimum atomic E-state index is -0.714. The van der Waals surface area contributed by atoms with Gasteiger partial charge in [-0.2, -0.15) is 0 Å². The summed E-state index contributed by atoms with van der Waals surface area (Å²) in [6.07, 6.45) is 2.69. The van der Waals surface area contributed by atoms with Crippen molar-refractivity contribution in [3.05, 3.63) is 71.3 Å². The Bertz CT molecular complexity index is 583. The lowest BCUT2D eigenvalue weighted by molar-refractivity contribution is 0.595. The second kappa shape index (κ2) is 8.11. The number of hydrogen-bond acceptors (Lipinski definition) is 2. The van der Waals surface area contributed by atoms with Gasteiger partial charge in [-0.1, -0.05) is 54.6 Å². The van der Waals surface area contributed by atoms with Crippen molar-refractivity contribution >= 4 is 10.8 Å². The van der Waals surface area contributed by atoms with Crippen molar-refractivity contribution < 1.29 is 4.21 Å². The summed E-state index contributed by atoms with van der Waals surface area (Å²) in [5, 5.41) is 3.61. The summed E-state index contributed by atoms with van der Waals surface area (Å²) >= 11 is 0. The second-order valence-electron chi connectivity index (χ2n) is 5.29. The van der Waals surface area contributed by atoms with E-state index in [1.54, 1.807) is 6.26 Å². The summed E-state index contributed by atoms with van der Waals surface area (Å²) in [4.78, 5) is 0. The molecule has 0 spiro atoms. The number of hydrogen-bond donors (Lipinski definition) is 1. The van der Waals surface area contributed by atoms with E-state index in [4.69, 9.17) is 0 Å². The first-order valence-corrected chi connectivity index (χ1v) is 9.05. The first kappa shape index (κ1) is 15.9. The van der Waals surface area contributed by atoms with Gasteiger partial charge in [0.2, 0.25) is 0 Å². The summed E-state index contributed by atoms with van der Waals surface area (Å²) in [6, 6.07) is 19.2. The van der Waals surface area contributed by atoms with Crippen molar-refractivity contribution in [3.63, 3.8) is 0 Å². The highest BCUT2D eigenvalue weighted by molar-refractivity contribution is 7.84. The standard InChI is InChI=1S/C18H23NOS/c1-15-9-6-7-12-17(15)18(16-10-4-3-5-11-16)19-13-8-14-21(2)20/h3-7,9-12,18-19H,8,13-14H2,1-2H3. The Labute approximate surface area is 130 Å². The molecule has 0 aliphatic rings. The fourth-order valence-electron chi connectivity index (χ4n) is 2.49. The maximum atomic E-state index is 11.2. The van der Waals surface area contributed by atoms with Gasteiger partial charge >= 0.3 is 0 Å². The van der Waals surface area contributed by atoms with Gasteiger partial charge in [-0.15, -0.1) is 0 Å². The monoisotopic (exact) mass is 301 g/mol. The second-order valence-corrected chi connectivity index (χ2v) is 6.84. The minimum absolute atomic E-state index is 0.192. The van der Waals surface area contributed by atoms with Crippen LogP contribution in [0.15, 0.2) is 54.6 Å². The molecule has 0 fully saturated rings. The molecule has 0 bridgehead atoms. The van der Waals surface area contributed by atoms with E-state index in [1.807, 2.05) is 6.07 Å². The molecule has 0 aliphatic carbocycles. The van der Waals surface area contributed by atoms with Crippen molar-refractivity contribution in [2.75, 3.05) is 18.6 Å². The van der Waals surface area contributed by atoms with Crippen LogP contribution < -0.4 is 5.32 Å². The molecule has 0 saturated heterocycles. The number of benzene rings is 2. The van der Waals surface area contributed by atoms with Gasteiger partial charge in [-0.3, -0.25) is 4.21 Å². The van der Waals surface area contributed by atoms with Crippen molar-refractivity contribution in [2.24, 2.45) is 0 Å². The van der Waals surface area contributed by atoms with Crippen LogP contribution >= 0.6 is 0 Å². The fraction of sp³-hybridized carbons (Fsp3) is 0.333. The third-order valence-corrected chi connectivity index (χ3v) is 4.45. The SMILES string of the molecule is Cc1ccccc1C(NCCCS(C)=O)c1ccccc1. The number of aryl methyl sites for hydroxylation is 1. The van der Waals surface area contributed by atoms with Gasteiger partial charge in [-0.25, -0.2) is 0 Å². The van der Waals surface area contributed by atoms with Gasteiger partial charge < -0.3 is 5.32 Å². The van der Waals surface area contributed by atoms with E-state index in [0.717, 1.165) is 18.7 Å². The lowest BCUT2D eigenvalue weighted by Crippen LogP contribution is -2.25. The molecule has 2 unspecified atom stereocenters. The van der Waals surface area contributed by atoms with Crippen molar-refractivity contribution in [2.45, 2.75) is 19.4 Å². The van der Waals surface area contributed by atoms with Gasteiger partial charge in [0.05, 0.1) is 6.04 Å². The normalized spacial score (nSPS) is 13.8. The molecule has 0 saturated carbocycles. The van der Waals surface area contributed by atoms with Crippen LogP contribution in [-0.4, -0.2) is 22.8 Å². The van der Waals surface area contributed by atoms with Crippen LogP contribution in [0.4, 0.5) is 0 Å². The van der Waals surface area contributed by atoms with Crippen LogP contribution in [-0.2, 0) is 10.8 Å². The number of nitrogens with one attached hydrogen (secondary N) is 1. The quantitative estimate of drug-likeness (QED) is 0.794. The Hall–Kier alpha value is -1.45. The van der Waals surface area contributed by atoms with E-state index in [9.17, 15) is 4.21 Å². The van der Waals surface area contributed by atoms with Crippen LogP contribution in [0, 0.1) is 6.92 Å². The van der Waals surface area contributed by atoms with E-state index >= 15 is 0 Å². The smallest absolute Gasteiger partial charge is 0.0579 e. The summed E-state index contributed by atoms with van der Waals surface area (Å²) < 4.78 is 11.2. The van der Waals surface area contributed by atoms with Crippen LogP contribution in [0.2, 0.25) is 0 Å². The molecule has 112 valence electrons. The van der Waals surface area contributed by atoms with Crippen LogP contribution in [0.1, 0.15) is 29.2 Å². The molecule has 0 heterocycles. The Morgan fingerprint density at radius 1 is 1.05 bits per heavy atom. The first-order valence-electron chi connectivity index (χ1n) is 7.32. The fourth-order valence-corrected chi connectivity index (χ4v) is 3.04. The molecule has 0 aromatic heterocycles. The third kappa shape index (κ3) is 4.80. The highest BCUT2D eigenvalue weighted by Crippen LogP contribution is 2.24. The van der Waals surface area contributed by atoms with E-state index in [0.29, 0.717) is 0 Å². The molecule has 2 aromatic carbocycles. The molecule has 1 N–H and O–H groups in total. The van der Waals surface area contributed by atoms with Crippen molar-refractivity contribution in [1.82, 2.24) is 5.32 Å². The van der Waals surface area contributed by atoms with Crippen LogP contribution in [0.3, 0.4) is 0 Å². The zero-order valence-corrected chi connectivity index (χ0v) is 13.5. The van der Waals surface area contributed by atoms with Crippen LogP contribution in [0.5, 0.6) is 0 Å². The largest absolute Gasteiger partial charge is 0.306 e. The number of rotatable bonds is 7. The molecular formula is C18H23NOS. The third-order valence-electron chi connectivity index (χ3n) is 3.59. The summed E-state index contributed by atoms with van der Waals surface area (Å²) in [5.41, 5.74) is 3.86. The van der Waals surface area contributed by atoms with Crippen molar-refractivity contribution in [1.29, 1.82) is 0 Å². The molecule has 2 rings (SSSR count). The molecule has 2 aromatic rings. The zero-order chi connectivity index (χ0) is 15.1. The van der Waals surface area contributed by atoms with Gasteiger partial charge in [0.1, 0.15) is 0 Å². The average molecular weight is 301 g/mol. The van der Waals surface area contributed by atoms with Gasteiger partial charge in [0.25, 0.3) is 0 Å². The minimum Gasteiger partial charge on any atom is -0.306 e. The van der Waals surface area contributed by atoms with Gasteiger partial charge in [0, 0.05) is 22.8 Å². The summed E-state index contributed by atoms with van der Waals surface area (Å²) in [6.45, 7) is 3.02. The predicted molar refractivity (Wildman–Crippen MR) is 91.0 cm³/mol. The van der Waals surface area contributed by atoms with Gasteiger partial charge in [0.15, 0.2) is 0 Å². The Kier molecular flexibility index (Phi) is 6.15. The molecule has 21 heavy (non-hydrogen) atoms. The first-order chi connectivity index (χ1) is 10.2. The topological polar surface area (TPSA) is 29.1 Å². The van der Waals surface area contributed by atoms with Crippen molar-refractivity contribution in [3.8, 4) is 0 Å².